The lowest BCUT2D eigenvalue weighted by Crippen LogP contribution is -2.18. The number of carbonyl (C=O) groups excluding carboxylic acids is 2. The summed E-state index contributed by atoms with van der Waals surface area (Å²) in [5, 5.41) is 0. The molecule has 0 aromatic rings. The summed E-state index contributed by atoms with van der Waals surface area (Å²) in [4.78, 5) is 24.0. The molecule has 3 heteroatoms. The van der Waals surface area contributed by atoms with E-state index >= 15 is 0 Å². The molecule has 2 rings (SSSR count). The third-order valence-corrected chi connectivity index (χ3v) is 4.50. The van der Waals surface area contributed by atoms with Crippen LogP contribution in [0.2, 0.25) is 0 Å². The van der Waals surface area contributed by atoms with E-state index in [2.05, 4.69) is 19.1 Å². The van der Waals surface area contributed by atoms with Gasteiger partial charge in [0.15, 0.2) is 5.78 Å². The van der Waals surface area contributed by atoms with Gasteiger partial charge in [-0.25, -0.2) is 0 Å². The molecule has 0 saturated carbocycles. The number of cyclic esters (lactones) is 1. The SMILES string of the molecule is CCCCCC1C/C=C2/C(=O)C=C[C@@H]2C/C=C\CCCC(=O)O1. The Bertz CT molecular complexity index is 499. The number of ether oxygens (including phenoxy) is 1. The molecule has 126 valence electrons. The monoisotopic (exact) mass is 316 g/mol. The predicted octanol–water partition coefficient (Wildman–Crippen LogP) is 4.68. The molecule has 0 N–H and O–H groups in total. The Morgan fingerprint density at radius 3 is 2.87 bits per heavy atom. The Morgan fingerprint density at radius 2 is 2.04 bits per heavy atom. The van der Waals surface area contributed by atoms with Crippen LogP contribution in [0.5, 0.6) is 0 Å². The fourth-order valence-electron chi connectivity index (χ4n) is 3.12. The molecule has 0 fully saturated rings. The average Bonchev–Trinajstić information content (AvgIpc) is 2.88. The first-order valence-corrected chi connectivity index (χ1v) is 8.97. The maximum atomic E-state index is 12.0. The summed E-state index contributed by atoms with van der Waals surface area (Å²) >= 11 is 0. The highest BCUT2D eigenvalue weighted by molar-refractivity contribution is 6.07. The van der Waals surface area contributed by atoms with Gasteiger partial charge in [0.1, 0.15) is 6.10 Å². The van der Waals surface area contributed by atoms with Gasteiger partial charge in [-0.3, -0.25) is 9.59 Å². The number of rotatable bonds is 4. The van der Waals surface area contributed by atoms with Crippen molar-refractivity contribution in [3.8, 4) is 0 Å². The second-order valence-electron chi connectivity index (χ2n) is 6.43. The third-order valence-electron chi connectivity index (χ3n) is 4.50. The second kappa shape index (κ2) is 9.49. The van der Waals surface area contributed by atoms with Gasteiger partial charge in [-0.15, -0.1) is 0 Å². The molecular formula is C20H28O3. The molecule has 3 nitrogen and oxygen atoms in total. The van der Waals surface area contributed by atoms with E-state index in [0.29, 0.717) is 12.8 Å². The van der Waals surface area contributed by atoms with Crippen LogP contribution in [-0.2, 0) is 14.3 Å². The number of allylic oxidation sites excluding steroid dienone is 5. The van der Waals surface area contributed by atoms with Crippen LogP contribution in [0.1, 0.15) is 64.7 Å². The first-order chi connectivity index (χ1) is 11.2. The van der Waals surface area contributed by atoms with Crippen molar-refractivity contribution in [3.05, 3.63) is 36.0 Å². The van der Waals surface area contributed by atoms with Gasteiger partial charge in [0.25, 0.3) is 0 Å². The van der Waals surface area contributed by atoms with Crippen molar-refractivity contribution in [2.75, 3.05) is 0 Å². The van der Waals surface area contributed by atoms with Gasteiger partial charge in [0.05, 0.1) is 0 Å². The number of fused-ring (bicyclic) bond motifs is 1. The van der Waals surface area contributed by atoms with E-state index in [4.69, 9.17) is 4.74 Å². The molecule has 0 amide bonds. The number of hydrogen-bond donors (Lipinski definition) is 0. The summed E-state index contributed by atoms with van der Waals surface area (Å²) in [7, 11) is 0. The normalized spacial score (nSPS) is 29.5. The van der Waals surface area contributed by atoms with Crippen LogP contribution in [0.3, 0.4) is 0 Å². The molecule has 1 aliphatic carbocycles. The number of hydrogen-bond acceptors (Lipinski definition) is 3. The molecule has 0 radical (unpaired) electrons. The molecular weight excluding hydrogens is 288 g/mol. The minimum atomic E-state index is -0.107. The van der Waals surface area contributed by atoms with Gasteiger partial charge in [0, 0.05) is 24.3 Å². The Balaban J connectivity index is 2.07. The highest BCUT2D eigenvalue weighted by Crippen LogP contribution is 2.27. The minimum absolute atomic E-state index is 0.0932. The number of unbranched alkanes of at least 4 members (excludes halogenated alkanes) is 2. The number of esters is 1. The number of carbonyl (C=O) groups is 2. The average molecular weight is 316 g/mol. The quantitative estimate of drug-likeness (QED) is 0.429. The molecule has 1 unspecified atom stereocenters. The number of ketones is 1. The molecule has 1 aliphatic heterocycles. The highest BCUT2D eigenvalue weighted by Gasteiger charge is 2.23. The van der Waals surface area contributed by atoms with Crippen LogP contribution < -0.4 is 0 Å². The summed E-state index contributed by atoms with van der Waals surface area (Å²) in [6, 6.07) is 0. The van der Waals surface area contributed by atoms with Gasteiger partial charge >= 0.3 is 5.97 Å². The Kier molecular flexibility index (Phi) is 7.31. The molecule has 0 bridgehead atoms. The van der Waals surface area contributed by atoms with E-state index < -0.39 is 0 Å². The van der Waals surface area contributed by atoms with Crippen LogP contribution in [-0.4, -0.2) is 17.9 Å². The van der Waals surface area contributed by atoms with Crippen molar-refractivity contribution in [1.82, 2.24) is 0 Å². The standard InChI is InChI=1S/C20H28O3/c1-2-3-6-10-17-13-14-18-16(12-15-19(18)21)9-7-4-5-8-11-20(22)23-17/h4,7,12,14-17H,2-3,5-6,8-11,13H2,1H3/b7-4-,18-14+/t16-,17?/m0/s1. The predicted molar refractivity (Wildman–Crippen MR) is 92.0 cm³/mol. The van der Waals surface area contributed by atoms with Crippen molar-refractivity contribution in [3.63, 3.8) is 0 Å². The lowest BCUT2D eigenvalue weighted by molar-refractivity contribution is -0.149. The van der Waals surface area contributed by atoms with E-state index in [1.807, 2.05) is 12.2 Å². The maximum absolute atomic E-state index is 12.0. The van der Waals surface area contributed by atoms with Crippen LogP contribution in [0, 0.1) is 5.92 Å². The smallest absolute Gasteiger partial charge is 0.306 e. The van der Waals surface area contributed by atoms with Crippen LogP contribution >= 0.6 is 0 Å². The summed E-state index contributed by atoms with van der Waals surface area (Å²) < 4.78 is 5.66. The van der Waals surface area contributed by atoms with E-state index in [1.165, 1.54) is 0 Å². The largest absolute Gasteiger partial charge is 0.462 e. The van der Waals surface area contributed by atoms with Gasteiger partial charge in [-0.05, 0) is 38.2 Å². The Labute approximate surface area is 139 Å². The lowest BCUT2D eigenvalue weighted by atomic mass is 9.95. The topological polar surface area (TPSA) is 43.4 Å². The van der Waals surface area contributed by atoms with Gasteiger partial charge in [-0.2, -0.15) is 0 Å². The molecule has 0 aromatic carbocycles. The zero-order chi connectivity index (χ0) is 16.5. The van der Waals surface area contributed by atoms with E-state index in [0.717, 1.165) is 50.5 Å². The second-order valence-corrected chi connectivity index (χ2v) is 6.43. The Hall–Kier alpha value is -1.64. The van der Waals surface area contributed by atoms with E-state index in [1.54, 1.807) is 6.08 Å². The third kappa shape index (κ3) is 5.81. The van der Waals surface area contributed by atoms with Crippen molar-refractivity contribution in [2.24, 2.45) is 5.92 Å². The van der Waals surface area contributed by atoms with Gasteiger partial charge in [0.2, 0.25) is 0 Å². The molecule has 0 spiro atoms. The van der Waals surface area contributed by atoms with Crippen molar-refractivity contribution >= 4 is 11.8 Å². The maximum Gasteiger partial charge on any atom is 0.306 e. The first-order valence-electron chi connectivity index (χ1n) is 8.97. The molecule has 2 aliphatic rings. The fraction of sp³-hybridized carbons (Fsp3) is 0.600. The van der Waals surface area contributed by atoms with Crippen molar-refractivity contribution in [1.29, 1.82) is 0 Å². The summed E-state index contributed by atoms with van der Waals surface area (Å²) in [6.45, 7) is 2.17. The zero-order valence-corrected chi connectivity index (χ0v) is 14.1. The van der Waals surface area contributed by atoms with Crippen molar-refractivity contribution in [2.45, 2.75) is 70.8 Å². The van der Waals surface area contributed by atoms with E-state index in [-0.39, 0.29) is 23.8 Å². The zero-order valence-electron chi connectivity index (χ0n) is 14.1. The van der Waals surface area contributed by atoms with Crippen LogP contribution in [0.25, 0.3) is 0 Å². The summed E-state index contributed by atoms with van der Waals surface area (Å²) in [6.07, 6.45) is 17.8. The van der Waals surface area contributed by atoms with E-state index in [9.17, 15) is 9.59 Å². The molecule has 0 saturated heterocycles. The fourth-order valence-corrected chi connectivity index (χ4v) is 3.12. The van der Waals surface area contributed by atoms with Crippen LogP contribution in [0.4, 0.5) is 0 Å². The Morgan fingerprint density at radius 1 is 1.17 bits per heavy atom. The van der Waals surface area contributed by atoms with Crippen molar-refractivity contribution < 1.29 is 14.3 Å². The minimum Gasteiger partial charge on any atom is -0.462 e. The lowest BCUT2D eigenvalue weighted by Gasteiger charge is -2.17. The van der Waals surface area contributed by atoms with Gasteiger partial charge in [-0.1, -0.05) is 44.1 Å². The summed E-state index contributed by atoms with van der Waals surface area (Å²) in [5.74, 6) is 0.188. The van der Waals surface area contributed by atoms with Gasteiger partial charge < -0.3 is 4.74 Å². The van der Waals surface area contributed by atoms with Crippen LogP contribution in [0.15, 0.2) is 36.0 Å². The molecule has 2 atom stereocenters. The highest BCUT2D eigenvalue weighted by atomic mass is 16.5. The molecule has 23 heavy (non-hydrogen) atoms. The first kappa shape index (κ1) is 17.7. The summed E-state index contributed by atoms with van der Waals surface area (Å²) in [5.41, 5.74) is 0.866. The molecule has 0 aromatic heterocycles. The molecule has 1 heterocycles.